The Balaban J connectivity index is 2.37. The Hall–Kier alpha value is -2.11. The molecule has 0 aliphatic carbocycles. The van der Waals surface area contributed by atoms with E-state index in [-0.39, 0.29) is 5.96 Å². The highest BCUT2D eigenvalue weighted by molar-refractivity contribution is 6.01. The van der Waals surface area contributed by atoms with Crippen molar-refractivity contribution in [3.63, 3.8) is 0 Å². The van der Waals surface area contributed by atoms with Crippen molar-refractivity contribution in [3.8, 4) is 0 Å². The van der Waals surface area contributed by atoms with Crippen molar-refractivity contribution in [1.82, 2.24) is 10.3 Å². The van der Waals surface area contributed by atoms with Crippen LogP contribution in [0.2, 0.25) is 0 Å². The first kappa shape index (κ1) is 13.0. The maximum absolute atomic E-state index is 11.4. The number of nitrogens with two attached hydrogens (primary N) is 1. The predicted octanol–water partition coefficient (Wildman–Crippen LogP) is 1.32. The minimum absolute atomic E-state index is 0.117. The van der Waals surface area contributed by atoms with Crippen LogP contribution in [0.1, 0.15) is 19.8 Å². The summed E-state index contributed by atoms with van der Waals surface area (Å²) >= 11 is 0. The Labute approximate surface area is 100 Å². The Morgan fingerprint density at radius 3 is 3.00 bits per heavy atom. The second kappa shape index (κ2) is 7.21. The minimum atomic E-state index is -0.443. The summed E-state index contributed by atoms with van der Waals surface area (Å²) < 4.78 is 0. The number of unbranched alkanes of at least 4 members (excludes halogenated alkanes) is 1. The van der Waals surface area contributed by atoms with Gasteiger partial charge in [0.1, 0.15) is 5.82 Å². The molecule has 0 radical (unpaired) electrons. The van der Waals surface area contributed by atoms with Gasteiger partial charge in [0.25, 0.3) is 0 Å². The van der Waals surface area contributed by atoms with Crippen LogP contribution in [-0.2, 0) is 0 Å². The number of hydrogen-bond acceptors (Lipinski definition) is 3. The van der Waals surface area contributed by atoms with Crippen LogP contribution in [0.3, 0.4) is 0 Å². The molecule has 1 aromatic heterocycles. The van der Waals surface area contributed by atoms with Gasteiger partial charge in [-0.25, -0.2) is 9.78 Å². The van der Waals surface area contributed by atoms with Crippen molar-refractivity contribution < 1.29 is 4.79 Å². The third-order valence-corrected chi connectivity index (χ3v) is 1.94. The lowest BCUT2D eigenvalue weighted by molar-refractivity contribution is 0.256. The van der Waals surface area contributed by atoms with Crippen molar-refractivity contribution in [3.05, 3.63) is 24.4 Å². The zero-order valence-electron chi connectivity index (χ0n) is 9.81. The Kier molecular flexibility index (Phi) is 5.50. The smallest absolute Gasteiger partial charge is 0.327 e. The van der Waals surface area contributed by atoms with Gasteiger partial charge in [0.05, 0.1) is 0 Å². The molecule has 0 unspecified atom stereocenters. The van der Waals surface area contributed by atoms with Gasteiger partial charge in [-0.05, 0) is 18.6 Å². The highest BCUT2D eigenvalue weighted by Gasteiger charge is 2.02. The lowest BCUT2D eigenvalue weighted by Gasteiger charge is -2.05. The van der Waals surface area contributed by atoms with Crippen LogP contribution in [0.4, 0.5) is 10.6 Å². The number of nitrogens with one attached hydrogen (secondary N) is 2. The largest absolute Gasteiger partial charge is 0.370 e. The summed E-state index contributed by atoms with van der Waals surface area (Å²) in [5.74, 6) is 0.582. The molecule has 2 amide bonds. The molecule has 6 heteroatoms. The van der Waals surface area contributed by atoms with Gasteiger partial charge in [0, 0.05) is 12.7 Å². The molecule has 0 aromatic carbocycles. The number of amides is 2. The highest BCUT2D eigenvalue weighted by atomic mass is 16.2. The fraction of sp³-hybridized carbons (Fsp3) is 0.364. The van der Waals surface area contributed by atoms with Gasteiger partial charge in [0.2, 0.25) is 0 Å². The molecule has 0 saturated carbocycles. The Morgan fingerprint density at radius 2 is 2.35 bits per heavy atom. The van der Waals surface area contributed by atoms with Crippen LogP contribution in [-0.4, -0.2) is 23.5 Å². The van der Waals surface area contributed by atoms with Crippen LogP contribution < -0.4 is 16.4 Å². The standard InChI is InChI=1S/C11H17N5O/c1-2-3-7-14-10(12)16-11(17)15-9-6-4-5-8-13-9/h4-6,8H,2-3,7H2,1H3,(H4,12,13,14,15,16,17). The number of nitrogens with zero attached hydrogens (tertiary/aromatic N) is 2. The zero-order chi connectivity index (χ0) is 12.5. The molecule has 1 rings (SSSR count). The lowest BCUT2D eigenvalue weighted by Crippen LogP contribution is -2.39. The average molecular weight is 235 g/mol. The van der Waals surface area contributed by atoms with Crippen LogP contribution in [0.5, 0.6) is 0 Å². The molecule has 1 aromatic rings. The molecule has 0 aliphatic heterocycles. The van der Waals surface area contributed by atoms with Crippen molar-refractivity contribution in [2.75, 3.05) is 11.9 Å². The molecule has 92 valence electrons. The fourth-order valence-corrected chi connectivity index (χ4v) is 1.10. The summed E-state index contributed by atoms with van der Waals surface area (Å²) in [5.41, 5.74) is 5.53. The van der Waals surface area contributed by atoms with Gasteiger partial charge in [0.15, 0.2) is 5.96 Å². The van der Waals surface area contributed by atoms with Gasteiger partial charge in [-0.3, -0.25) is 15.6 Å². The first-order valence-corrected chi connectivity index (χ1v) is 5.51. The molecule has 4 N–H and O–H groups in total. The molecule has 1 heterocycles. The molecule has 0 atom stereocenters. The van der Waals surface area contributed by atoms with Crippen molar-refractivity contribution in [2.24, 2.45) is 10.7 Å². The lowest BCUT2D eigenvalue weighted by atomic mass is 10.3. The topological polar surface area (TPSA) is 92.4 Å². The third-order valence-electron chi connectivity index (χ3n) is 1.94. The summed E-state index contributed by atoms with van der Waals surface area (Å²) in [6.45, 7) is 2.68. The summed E-state index contributed by atoms with van der Waals surface area (Å²) in [6, 6.07) is 4.79. The van der Waals surface area contributed by atoms with Gasteiger partial charge in [-0.15, -0.1) is 0 Å². The summed E-state index contributed by atoms with van der Waals surface area (Å²) in [5, 5.41) is 4.97. The second-order valence-electron chi connectivity index (χ2n) is 3.41. The van der Waals surface area contributed by atoms with E-state index in [1.165, 1.54) is 0 Å². The van der Waals surface area contributed by atoms with Crippen molar-refractivity contribution in [1.29, 1.82) is 0 Å². The predicted molar refractivity (Wildman–Crippen MR) is 67.8 cm³/mol. The van der Waals surface area contributed by atoms with E-state index in [1.54, 1.807) is 24.4 Å². The Bertz CT molecular complexity index is 377. The summed E-state index contributed by atoms with van der Waals surface area (Å²) in [4.78, 5) is 19.4. The first-order valence-electron chi connectivity index (χ1n) is 5.51. The van der Waals surface area contributed by atoms with E-state index in [2.05, 4.69) is 27.5 Å². The number of carbonyl (C=O) groups excluding carboxylic acids is 1. The number of urea groups is 1. The van der Waals surface area contributed by atoms with Gasteiger partial charge in [-0.1, -0.05) is 19.4 Å². The number of aromatic nitrogens is 1. The van der Waals surface area contributed by atoms with Crippen molar-refractivity contribution >= 4 is 17.8 Å². The maximum Gasteiger partial charge on any atom is 0.327 e. The van der Waals surface area contributed by atoms with Crippen LogP contribution in [0.25, 0.3) is 0 Å². The molecule has 17 heavy (non-hydrogen) atoms. The van der Waals surface area contributed by atoms with Crippen molar-refractivity contribution in [2.45, 2.75) is 19.8 Å². The normalized spacial score (nSPS) is 11.0. The number of rotatable bonds is 4. The third kappa shape index (κ3) is 5.50. The molecule has 0 aliphatic rings. The maximum atomic E-state index is 11.4. The molecule has 6 nitrogen and oxygen atoms in total. The quantitative estimate of drug-likeness (QED) is 0.417. The average Bonchev–Trinajstić information content (AvgIpc) is 2.30. The van der Waals surface area contributed by atoms with Gasteiger partial charge >= 0.3 is 6.03 Å². The van der Waals surface area contributed by atoms with E-state index < -0.39 is 6.03 Å². The molecular weight excluding hydrogens is 218 g/mol. The van der Waals surface area contributed by atoms with E-state index >= 15 is 0 Å². The van der Waals surface area contributed by atoms with Crippen LogP contribution in [0.15, 0.2) is 29.4 Å². The van der Waals surface area contributed by atoms with Crippen LogP contribution in [0, 0.1) is 0 Å². The molecular formula is C11H17N5O. The monoisotopic (exact) mass is 235 g/mol. The number of aliphatic imine (C=N–C) groups is 1. The minimum Gasteiger partial charge on any atom is -0.370 e. The molecule has 0 saturated heterocycles. The van der Waals surface area contributed by atoms with Gasteiger partial charge < -0.3 is 5.73 Å². The van der Waals surface area contributed by atoms with Gasteiger partial charge in [-0.2, -0.15) is 0 Å². The highest BCUT2D eigenvalue weighted by Crippen LogP contribution is 1.98. The molecule has 0 bridgehead atoms. The van der Waals surface area contributed by atoms with E-state index in [4.69, 9.17) is 5.73 Å². The SMILES string of the molecule is CCCCN=C(N)NC(=O)Nc1ccccn1. The van der Waals surface area contributed by atoms with E-state index in [0.29, 0.717) is 12.4 Å². The number of carbonyl (C=O) groups is 1. The second-order valence-corrected chi connectivity index (χ2v) is 3.41. The molecule has 0 fully saturated rings. The van der Waals surface area contributed by atoms with E-state index in [9.17, 15) is 4.79 Å². The number of guanidine groups is 1. The number of anilines is 1. The summed E-state index contributed by atoms with van der Waals surface area (Å²) in [6.07, 6.45) is 3.58. The number of pyridine rings is 1. The van der Waals surface area contributed by atoms with E-state index in [0.717, 1.165) is 12.8 Å². The summed E-state index contributed by atoms with van der Waals surface area (Å²) in [7, 11) is 0. The first-order chi connectivity index (χ1) is 8.22. The van der Waals surface area contributed by atoms with E-state index in [1.807, 2.05) is 0 Å². The number of hydrogen-bond donors (Lipinski definition) is 3. The fourth-order valence-electron chi connectivity index (χ4n) is 1.10. The Morgan fingerprint density at radius 1 is 1.53 bits per heavy atom. The van der Waals surface area contributed by atoms with Crippen LogP contribution >= 0.6 is 0 Å². The molecule has 0 spiro atoms. The zero-order valence-corrected chi connectivity index (χ0v) is 9.81.